The molecule has 0 saturated carbocycles. The van der Waals surface area contributed by atoms with Gasteiger partial charge in [0.05, 0.1) is 18.8 Å². The molecule has 146 valence electrons. The summed E-state index contributed by atoms with van der Waals surface area (Å²) in [6.07, 6.45) is 3.29. The lowest BCUT2D eigenvalue weighted by molar-refractivity contribution is -0.120. The molecule has 7 heteroatoms. The molecule has 0 radical (unpaired) electrons. The Morgan fingerprint density at radius 3 is 2.81 bits per heavy atom. The smallest absolute Gasteiger partial charge is 0.237 e. The Morgan fingerprint density at radius 1 is 1.30 bits per heavy atom. The lowest BCUT2D eigenvalue weighted by atomic mass is 10.1. The number of anilines is 2. The minimum Gasteiger partial charge on any atom is -0.474 e. The summed E-state index contributed by atoms with van der Waals surface area (Å²) in [5.41, 5.74) is 2.89. The zero-order chi connectivity index (χ0) is 19.6. The molecule has 1 heterocycles. The minimum atomic E-state index is -0.00394. The van der Waals surface area contributed by atoms with Crippen LogP contribution in [0.5, 0.6) is 5.88 Å². The fraction of sp³-hybridized carbons (Fsp3) is 0.450. The summed E-state index contributed by atoms with van der Waals surface area (Å²) >= 11 is 0. The van der Waals surface area contributed by atoms with Gasteiger partial charge in [-0.1, -0.05) is 19.1 Å². The van der Waals surface area contributed by atoms with Crippen LogP contribution in [0.2, 0.25) is 0 Å². The molecular weight excluding hydrogens is 342 g/mol. The predicted octanol–water partition coefficient (Wildman–Crippen LogP) is 2.45. The largest absolute Gasteiger partial charge is 0.474 e. The summed E-state index contributed by atoms with van der Waals surface area (Å²) in [5.74, 6) is 1.21. The van der Waals surface area contributed by atoms with Crippen molar-refractivity contribution in [1.82, 2.24) is 20.6 Å². The lowest BCUT2D eigenvalue weighted by Gasteiger charge is -2.14. The van der Waals surface area contributed by atoms with Gasteiger partial charge in [0.15, 0.2) is 5.82 Å². The lowest BCUT2D eigenvalue weighted by Crippen LogP contribution is -2.33. The minimum absolute atomic E-state index is 0.00394. The van der Waals surface area contributed by atoms with Gasteiger partial charge in [-0.25, -0.2) is 0 Å². The molecule has 3 N–H and O–H groups in total. The molecule has 0 bridgehead atoms. The van der Waals surface area contributed by atoms with Crippen molar-refractivity contribution >= 4 is 17.4 Å². The van der Waals surface area contributed by atoms with E-state index in [1.807, 2.05) is 45.0 Å². The number of likely N-dealkylation sites (N-methyl/N-ethyl adjacent to an activating group) is 1. The molecule has 0 unspecified atom stereocenters. The second-order valence-electron chi connectivity index (χ2n) is 6.48. The third-order valence-electron chi connectivity index (χ3n) is 3.77. The molecule has 2 aromatic rings. The first kappa shape index (κ1) is 20.6. The zero-order valence-corrected chi connectivity index (χ0v) is 16.5. The molecule has 0 aliphatic carbocycles. The van der Waals surface area contributed by atoms with E-state index >= 15 is 0 Å². The summed E-state index contributed by atoms with van der Waals surface area (Å²) in [6, 6.07) is 8.03. The van der Waals surface area contributed by atoms with E-state index in [1.54, 1.807) is 13.2 Å². The van der Waals surface area contributed by atoms with Crippen LogP contribution in [-0.4, -0.2) is 42.1 Å². The molecular formula is C20H29N5O2. The Balaban J connectivity index is 2.02. The summed E-state index contributed by atoms with van der Waals surface area (Å²) in [4.78, 5) is 20.5. The summed E-state index contributed by atoms with van der Waals surface area (Å²) < 4.78 is 5.77. The maximum absolute atomic E-state index is 11.5. The normalized spacial score (nSPS) is 10.7. The van der Waals surface area contributed by atoms with Gasteiger partial charge in [-0.2, -0.15) is 4.98 Å². The molecule has 0 fully saturated rings. The highest BCUT2D eigenvalue weighted by Crippen LogP contribution is 2.21. The van der Waals surface area contributed by atoms with Gasteiger partial charge in [-0.05, 0) is 51.4 Å². The maximum Gasteiger partial charge on any atom is 0.237 e. The standard InChI is InChI=1S/C20H29N5O2/c1-5-17-20(27-14(2)3)25-18(12-23-17)24-16-8-6-7-15(11-16)9-10-22-19(26)13-21-4/h6-8,11-12,14,21H,5,9-10,13H2,1-4H3,(H,22,26)(H,24,25). The van der Waals surface area contributed by atoms with E-state index in [1.165, 1.54) is 0 Å². The van der Waals surface area contributed by atoms with Crippen LogP contribution in [0, 0.1) is 0 Å². The molecule has 2 rings (SSSR count). The third-order valence-corrected chi connectivity index (χ3v) is 3.77. The van der Waals surface area contributed by atoms with Crippen molar-refractivity contribution in [2.45, 2.75) is 39.7 Å². The van der Waals surface area contributed by atoms with Gasteiger partial charge in [-0.15, -0.1) is 0 Å². The van der Waals surface area contributed by atoms with E-state index in [4.69, 9.17) is 4.74 Å². The van der Waals surface area contributed by atoms with Crippen molar-refractivity contribution in [1.29, 1.82) is 0 Å². The van der Waals surface area contributed by atoms with Gasteiger partial charge in [0, 0.05) is 12.2 Å². The molecule has 0 aliphatic heterocycles. The number of nitrogens with one attached hydrogen (secondary N) is 3. The van der Waals surface area contributed by atoms with Crippen LogP contribution in [0.25, 0.3) is 0 Å². The van der Waals surface area contributed by atoms with Crippen molar-refractivity contribution in [2.24, 2.45) is 0 Å². The monoisotopic (exact) mass is 371 g/mol. The molecule has 1 aromatic heterocycles. The Hall–Kier alpha value is -2.67. The van der Waals surface area contributed by atoms with Gasteiger partial charge >= 0.3 is 0 Å². The number of carbonyl (C=O) groups excluding carboxylic acids is 1. The number of hydrogen-bond acceptors (Lipinski definition) is 6. The van der Waals surface area contributed by atoms with Crippen LogP contribution in [0.4, 0.5) is 11.5 Å². The highest BCUT2D eigenvalue weighted by Gasteiger charge is 2.10. The fourth-order valence-corrected chi connectivity index (χ4v) is 2.54. The van der Waals surface area contributed by atoms with E-state index in [-0.39, 0.29) is 12.0 Å². The van der Waals surface area contributed by atoms with Crippen LogP contribution in [-0.2, 0) is 17.6 Å². The number of nitrogens with zero attached hydrogens (tertiary/aromatic N) is 2. The van der Waals surface area contributed by atoms with Crippen LogP contribution in [0.1, 0.15) is 32.0 Å². The quantitative estimate of drug-likeness (QED) is 0.595. The zero-order valence-electron chi connectivity index (χ0n) is 16.5. The van der Waals surface area contributed by atoms with E-state index < -0.39 is 0 Å². The van der Waals surface area contributed by atoms with Gasteiger partial charge in [0.1, 0.15) is 5.69 Å². The SMILES string of the molecule is CCc1ncc(Nc2cccc(CCNC(=O)CNC)c2)nc1OC(C)C. The topological polar surface area (TPSA) is 88.2 Å². The van der Waals surface area contributed by atoms with E-state index in [9.17, 15) is 4.79 Å². The summed E-state index contributed by atoms with van der Waals surface area (Å²) in [6.45, 7) is 6.90. The summed E-state index contributed by atoms with van der Waals surface area (Å²) in [7, 11) is 1.75. The first-order chi connectivity index (χ1) is 13.0. The number of aryl methyl sites for hydroxylation is 1. The van der Waals surface area contributed by atoms with Crippen LogP contribution < -0.4 is 20.7 Å². The van der Waals surface area contributed by atoms with Crippen molar-refractivity contribution < 1.29 is 9.53 Å². The molecule has 0 spiro atoms. The van der Waals surface area contributed by atoms with Crippen molar-refractivity contribution in [3.63, 3.8) is 0 Å². The number of rotatable bonds is 10. The van der Waals surface area contributed by atoms with Gasteiger partial charge in [0.2, 0.25) is 11.8 Å². The Bertz CT molecular complexity index is 749. The first-order valence-corrected chi connectivity index (χ1v) is 9.31. The van der Waals surface area contributed by atoms with Crippen LogP contribution in [0.3, 0.4) is 0 Å². The molecule has 0 aliphatic rings. The Kier molecular flexibility index (Phi) is 8.00. The average molecular weight is 371 g/mol. The number of hydrogen-bond donors (Lipinski definition) is 3. The van der Waals surface area contributed by atoms with Crippen molar-refractivity contribution in [3.8, 4) is 5.88 Å². The molecule has 27 heavy (non-hydrogen) atoms. The average Bonchev–Trinajstić information content (AvgIpc) is 2.62. The molecule has 1 aromatic carbocycles. The highest BCUT2D eigenvalue weighted by molar-refractivity contribution is 5.77. The van der Waals surface area contributed by atoms with Gasteiger partial charge in [-0.3, -0.25) is 9.78 Å². The number of ether oxygens (including phenoxy) is 1. The molecule has 1 amide bonds. The van der Waals surface area contributed by atoms with Gasteiger partial charge in [0.25, 0.3) is 0 Å². The van der Waals surface area contributed by atoms with E-state index in [0.717, 1.165) is 29.8 Å². The maximum atomic E-state index is 11.5. The number of amides is 1. The number of aromatic nitrogens is 2. The predicted molar refractivity (Wildman–Crippen MR) is 108 cm³/mol. The van der Waals surface area contributed by atoms with E-state index in [2.05, 4.69) is 25.9 Å². The third kappa shape index (κ3) is 6.86. The molecule has 7 nitrogen and oxygen atoms in total. The van der Waals surface area contributed by atoms with Crippen molar-refractivity contribution in [2.75, 3.05) is 25.5 Å². The molecule has 0 atom stereocenters. The Labute approximate surface area is 161 Å². The summed E-state index contributed by atoms with van der Waals surface area (Å²) in [5, 5.41) is 8.99. The first-order valence-electron chi connectivity index (χ1n) is 9.31. The number of benzene rings is 1. The van der Waals surface area contributed by atoms with Gasteiger partial charge < -0.3 is 20.7 Å². The van der Waals surface area contributed by atoms with Crippen molar-refractivity contribution in [3.05, 3.63) is 41.7 Å². The van der Waals surface area contributed by atoms with Crippen LogP contribution in [0.15, 0.2) is 30.5 Å². The van der Waals surface area contributed by atoms with Crippen LogP contribution >= 0.6 is 0 Å². The highest BCUT2D eigenvalue weighted by atomic mass is 16.5. The fourth-order valence-electron chi connectivity index (χ4n) is 2.54. The van der Waals surface area contributed by atoms with E-state index in [0.29, 0.717) is 24.8 Å². The molecule has 0 saturated heterocycles. The second-order valence-corrected chi connectivity index (χ2v) is 6.48. The second kappa shape index (κ2) is 10.5. The Morgan fingerprint density at radius 2 is 2.11 bits per heavy atom. The number of carbonyl (C=O) groups is 1.